The summed E-state index contributed by atoms with van der Waals surface area (Å²) in [6.07, 6.45) is 8.20. The first kappa shape index (κ1) is 23.8. The number of nitrogens with zero attached hydrogens (tertiary/aromatic N) is 1. The van der Waals surface area contributed by atoms with E-state index < -0.39 is 0 Å². The van der Waals surface area contributed by atoms with Crippen molar-refractivity contribution in [2.45, 2.75) is 58.0 Å². The normalized spacial score (nSPS) is 18.4. The first-order valence-corrected chi connectivity index (χ1v) is 13.2. The van der Waals surface area contributed by atoms with Crippen molar-refractivity contribution in [3.63, 3.8) is 0 Å². The predicted molar refractivity (Wildman–Crippen MR) is 139 cm³/mol. The van der Waals surface area contributed by atoms with E-state index in [-0.39, 0.29) is 17.3 Å². The van der Waals surface area contributed by atoms with E-state index in [0.29, 0.717) is 25.1 Å². The highest BCUT2D eigenvalue weighted by molar-refractivity contribution is 5.99. The number of benzene rings is 2. The lowest BCUT2D eigenvalue weighted by molar-refractivity contribution is 0.0772. The summed E-state index contributed by atoms with van der Waals surface area (Å²) in [5, 5.41) is 3.43. The summed E-state index contributed by atoms with van der Waals surface area (Å²) in [5.41, 5.74) is 4.22. The summed E-state index contributed by atoms with van der Waals surface area (Å²) in [7, 11) is 0. The molecule has 2 aromatic rings. The average Bonchev–Trinajstić information content (AvgIpc) is 3.72. The number of ketones is 1. The molecule has 1 aliphatic carbocycles. The molecule has 0 unspecified atom stereocenters. The summed E-state index contributed by atoms with van der Waals surface area (Å²) in [6.45, 7) is 7.22. The molecule has 0 aromatic heterocycles. The summed E-state index contributed by atoms with van der Waals surface area (Å²) in [5.74, 6) is 1.85. The number of rotatable bonds is 8. The van der Waals surface area contributed by atoms with Crippen molar-refractivity contribution in [1.29, 1.82) is 0 Å². The number of piperidine rings is 1. The maximum atomic E-state index is 12.9. The van der Waals surface area contributed by atoms with Crippen LogP contribution < -0.4 is 10.1 Å². The van der Waals surface area contributed by atoms with Crippen molar-refractivity contribution in [3.05, 3.63) is 70.8 Å². The van der Waals surface area contributed by atoms with Crippen LogP contribution in [-0.2, 0) is 0 Å². The Morgan fingerprint density at radius 1 is 1.00 bits per heavy atom. The monoisotopic (exact) mass is 472 g/mol. The molecule has 184 valence electrons. The zero-order chi connectivity index (χ0) is 24.4. The number of Topliss-reactive ketones (excluding diaryl/α,β-unsaturated/α-hetero) is 1. The Hall–Kier alpha value is -2.92. The van der Waals surface area contributed by atoms with Gasteiger partial charge in [0.15, 0.2) is 5.78 Å². The van der Waals surface area contributed by atoms with Crippen molar-refractivity contribution in [2.75, 3.05) is 26.2 Å². The second-order valence-corrected chi connectivity index (χ2v) is 10.1. The minimum atomic E-state index is -0.346. The zero-order valence-corrected chi connectivity index (χ0v) is 20.9. The van der Waals surface area contributed by atoms with Crippen LogP contribution in [0.1, 0.15) is 84.2 Å². The number of amides is 1. The summed E-state index contributed by atoms with van der Waals surface area (Å²) >= 11 is 0. The molecule has 0 radical (unpaired) electrons. The smallest absolute Gasteiger partial charge is 0.253 e. The molecule has 1 saturated carbocycles. The first-order chi connectivity index (χ1) is 17.0. The molecule has 0 atom stereocenters. The molecule has 1 saturated heterocycles. The highest BCUT2D eigenvalue weighted by atomic mass is 16.5. The molecule has 0 bridgehead atoms. The van der Waals surface area contributed by atoms with Gasteiger partial charge in [0, 0.05) is 49.0 Å². The third-order valence-electron chi connectivity index (χ3n) is 7.73. The quantitative estimate of drug-likeness (QED) is 0.516. The minimum Gasteiger partial charge on any atom is -0.482 e. The molecule has 1 amide bonds. The fourth-order valence-corrected chi connectivity index (χ4v) is 5.30. The minimum absolute atomic E-state index is 0.0567. The number of hydrogen-bond donors (Lipinski definition) is 1. The number of fused-ring (bicyclic) bond motifs is 1. The second-order valence-electron chi connectivity index (χ2n) is 10.1. The van der Waals surface area contributed by atoms with E-state index >= 15 is 0 Å². The first-order valence-electron chi connectivity index (χ1n) is 13.2. The van der Waals surface area contributed by atoms with E-state index in [2.05, 4.69) is 11.4 Å². The van der Waals surface area contributed by atoms with Gasteiger partial charge in [0.2, 0.25) is 0 Å². The number of carbonyl (C=O) groups is 2. The molecule has 2 aliphatic heterocycles. The van der Waals surface area contributed by atoms with Gasteiger partial charge in [-0.25, -0.2) is 0 Å². The van der Waals surface area contributed by atoms with E-state index in [9.17, 15) is 9.59 Å². The third-order valence-corrected chi connectivity index (χ3v) is 7.73. The van der Waals surface area contributed by atoms with Crippen LogP contribution in [0.4, 0.5) is 0 Å². The standard InChI is InChI=1S/C30H36N2O3/c1-3-32(4-2)29(34)23-10-8-22(9-11-23)26-20-30(15-17-31-18-16-30)35-28-14-12-24(19-25(26)28)27(33)13-7-21-5-6-21/h8-12,14,19-21,31H,3-7,13,15-18H2,1-2H3. The Kier molecular flexibility index (Phi) is 6.79. The van der Waals surface area contributed by atoms with Crippen LogP contribution in [0, 0.1) is 5.92 Å². The van der Waals surface area contributed by atoms with Crippen molar-refractivity contribution >= 4 is 17.3 Å². The molecular weight excluding hydrogens is 436 g/mol. The Morgan fingerprint density at radius 3 is 2.34 bits per heavy atom. The maximum Gasteiger partial charge on any atom is 0.253 e. The van der Waals surface area contributed by atoms with Crippen LogP contribution in [-0.4, -0.2) is 48.4 Å². The van der Waals surface area contributed by atoms with Gasteiger partial charge in [-0.15, -0.1) is 0 Å². The summed E-state index contributed by atoms with van der Waals surface area (Å²) in [4.78, 5) is 27.6. The predicted octanol–water partition coefficient (Wildman–Crippen LogP) is 5.49. The number of nitrogens with one attached hydrogen (secondary N) is 1. The lowest BCUT2D eigenvalue weighted by Gasteiger charge is -2.40. The molecule has 3 aliphatic rings. The fraction of sp³-hybridized carbons (Fsp3) is 0.467. The molecule has 5 nitrogen and oxygen atoms in total. The number of carbonyl (C=O) groups excluding carboxylic acids is 2. The average molecular weight is 473 g/mol. The topological polar surface area (TPSA) is 58.6 Å². The van der Waals surface area contributed by atoms with Crippen LogP contribution in [0.3, 0.4) is 0 Å². The highest BCUT2D eigenvalue weighted by Crippen LogP contribution is 2.43. The molecule has 2 aromatic carbocycles. The van der Waals surface area contributed by atoms with Crippen molar-refractivity contribution < 1.29 is 14.3 Å². The molecule has 35 heavy (non-hydrogen) atoms. The van der Waals surface area contributed by atoms with Crippen LogP contribution in [0.2, 0.25) is 0 Å². The van der Waals surface area contributed by atoms with Crippen molar-refractivity contribution in [1.82, 2.24) is 10.2 Å². The van der Waals surface area contributed by atoms with E-state index in [1.165, 1.54) is 12.8 Å². The van der Waals surface area contributed by atoms with Crippen molar-refractivity contribution in [2.24, 2.45) is 5.92 Å². The Balaban J connectivity index is 1.49. The SMILES string of the molecule is CCN(CC)C(=O)c1ccc(C2=CC3(CCNCC3)Oc3ccc(C(=O)CCC4CC4)cc32)cc1. The Morgan fingerprint density at radius 2 is 1.69 bits per heavy atom. The molecular formula is C30H36N2O3. The van der Waals surface area contributed by atoms with Gasteiger partial charge in [-0.3, -0.25) is 9.59 Å². The zero-order valence-electron chi connectivity index (χ0n) is 20.9. The van der Waals surface area contributed by atoms with Crippen LogP contribution in [0.15, 0.2) is 48.5 Å². The molecule has 1 N–H and O–H groups in total. The van der Waals surface area contributed by atoms with Gasteiger partial charge in [0.05, 0.1) is 0 Å². The van der Waals surface area contributed by atoms with Crippen LogP contribution in [0.5, 0.6) is 5.75 Å². The van der Waals surface area contributed by atoms with Gasteiger partial charge in [-0.05, 0) is 86.8 Å². The van der Waals surface area contributed by atoms with Gasteiger partial charge >= 0.3 is 0 Å². The van der Waals surface area contributed by atoms with E-state index in [1.54, 1.807) is 0 Å². The van der Waals surface area contributed by atoms with Gasteiger partial charge < -0.3 is 15.0 Å². The van der Waals surface area contributed by atoms with Crippen molar-refractivity contribution in [3.8, 4) is 5.75 Å². The fourth-order valence-electron chi connectivity index (χ4n) is 5.30. The largest absolute Gasteiger partial charge is 0.482 e. The lowest BCUT2D eigenvalue weighted by Crippen LogP contribution is -2.46. The Bertz CT molecular complexity index is 1120. The number of hydrogen-bond acceptors (Lipinski definition) is 4. The van der Waals surface area contributed by atoms with Gasteiger partial charge in [-0.2, -0.15) is 0 Å². The third kappa shape index (κ3) is 5.06. The van der Waals surface area contributed by atoms with Crippen LogP contribution >= 0.6 is 0 Å². The summed E-state index contributed by atoms with van der Waals surface area (Å²) in [6, 6.07) is 13.8. The van der Waals surface area contributed by atoms with E-state index in [4.69, 9.17) is 4.74 Å². The van der Waals surface area contributed by atoms with E-state index in [0.717, 1.165) is 66.3 Å². The van der Waals surface area contributed by atoms with Crippen LogP contribution in [0.25, 0.3) is 5.57 Å². The van der Waals surface area contributed by atoms with Gasteiger partial charge in [0.25, 0.3) is 5.91 Å². The maximum absolute atomic E-state index is 12.9. The highest BCUT2D eigenvalue weighted by Gasteiger charge is 2.37. The van der Waals surface area contributed by atoms with E-state index in [1.807, 2.05) is 61.2 Å². The Labute approximate surface area is 208 Å². The lowest BCUT2D eigenvalue weighted by atomic mass is 9.82. The van der Waals surface area contributed by atoms with Gasteiger partial charge in [-0.1, -0.05) is 25.0 Å². The summed E-state index contributed by atoms with van der Waals surface area (Å²) < 4.78 is 6.59. The molecule has 5 heteroatoms. The molecule has 2 heterocycles. The second kappa shape index (κ2) is 9.98. The van der Waals surface area contributed by atoms with Gasteiger partial charge in [0.1, 0.15) is 11.4 Å². The molecule has 1 spiro atoms. The number of ether oxygens (including phenoxy) is 1. The molecule has 2 fully saturated rings. The molecule has 5 rings (SSSR count).